The second-order valence-electron chi connectivity index (χ2n) is 4.87. The Balaban J connectivity index is 2.32. The molecule has 0 aliphatic rings. The predicted octanol–water partition coefficient (Wildman–Crippen LogP) is 5.71. The summed E-state index contributed by atoms with van der Waals surface area (Å²) in [5, 5.41) is 3.96. The van der Waals surface area contributed by atoms with Crippen molar-refractivity contribution in [3.8, 4) is 0 Å². The van der Waals surface area contributed by atoms with Gasteiger partial charge in [0.25, 0.3) is 0 Å². The van der Waals surface area contributed by atoms with Crippen molar-refractivity contribution in [2.75, 3.05) is 18.6 Å². The van der Waals surface area contributed by atoms with Gasteiger partial charge in [0.15, 0.2) is 0 Å². The lowest BCUT2D eigenvalue weighted by molar-refractivity contribution is 0.533. The van der Waals surface area contributed by atoms with Gasteiger partial charge in [-0.1, -0.05) is 36.0 Å². The summed E-state index contributed by atoms with van der Waals surface area (Å²) in [4.78, 5) is 0. The van der Waals surface area contributed by atoms with Crippen molar-refractivity contribution in [1.29, 1.82) is 0 Å². The lowest BCUT2D eigenvalue weighted by Crippen LogP contribution is -2.20. The highest BCUT2D eigenvalue weighted by Gasteiger charge is 2.12. The maximum Gasteiger partial charge on any atom is 0.142 e. The van der Waals surface area contributed by atoms with Crippen LogP contribution in [0.5, 0.6) is 0 Å². The lowest BCUT2D eigenvalue weighted by atomic mass is 10.1. The van der Waals surface area contributed by atoms with Gasteiger partial charge in [-0.2, -0.15) is 11.8 Å². The third kappa shape index (κ3) is 6.21. The smallest absolute Gasteiger partial charge is 0.142 e. The van der Waals surface area contributed by atoms with E-state index < -0.39 is 5.82 Å². The van der Waals surface area contributed by atoms with Crippen LogP contribution in [0.1, 0.15) is 44.2 Å². The molecule has 1 rings (SSSR count). The maximum atomic E-state index is 13.5. The molecular formula is C15H22Cl2FNS. The molecule has 1 aromatic rings. The molecule has 0 bridgehead atoms. The number of hydrogen-bond acceptors (Lipinski definition) is 2. The molecular weight excluding hydrogens is 316 g/mol. The van der Waals surface area contributed by atoms with E-state index in [4.69, 9.17) is 23.2 Å². The molecule has 0 heterocycles. The van der Waals surface area contributed by atoms with Crippen molar-refractivity contribution < 1.29 is 4.39 Å². The van der Waals surface area contributed by atoms with Crippen LogP contribution in [0.2, 0.25) is 10.0 Å². The van der Waals surface area contributed by atoms with E-state index in [1.165, 1.54) is 37.1 Å². The fraction of sp³-hybridized carbons (Fsp3) is 0.600. The Morgan fingerprint density at radius 2 is 1.85 bits per heavy atom. The summed E-state index contributed by atoms with van der Waals surface area (Å²) in [6, 6.07) is 2.91. The van der Waals surface area contributed by atoms with Crippen LogP contribution < -0.4 is 5.32 Å². The van der Waals surface area contributed by atoms with Crippen molar-refractivity contribution in [3.63, 3.8) is 0 Å². The number of benzene rings is 1. The van der Waals surface area contributed by atoms with Gasteiger partial charge in [-0.3, -0.25) is 0 Å². The minimum Gasteiger partial charge on any atom is -0.310 e. The van der Waals surface area contributed by atoms with Gasteiger partial charge in [-0.05, 0) is 56.0 Å². The van der Waals surface area contributed by atoms with Crippen LogP contribution in [-0.4, -0.2) is 18.6 Å². The summed E-state index contributed by atoms with van der Waals surface area (Å²) < 4.78 is 13.5. The molecule has 1 N–H and O–H groups in total. The average Bonchev–Trinajstić information content (AvgIpc) is 2.41. The Morgan fingerprint density at radius 3 is 2.55 bits per heavy atom. The van der Waals surface area contributed by atoms with E-state index in [0.29, 0.717) is 5.02 Å². The molecule has 1 aromatic carbocycles. The Labute approximate surface area is 135 Å². The maximum absolute atomic E-state index is 13.5. The normalized spacial score (nSPS) is 12.7. The van der Waals surface area contributed by atoms with Gasteiger partial charge in [0.2, 0.25) is 0 Å². The Kier molecular flexibility index (Phi) is 8.94. The number of unbranched alkanes of at least 4 members (excludes halogenated alkanes) is 3. The van der Waals surface area contributed by atoms with Crippen LogP contribution in [-0.2, 0) is 0 Å². The molecule has 0 fully saturated rings. The van der Waals surface area contributed by atoms with Crippen LogP contribution in [0.25, 0.3) is 0 Å². The fourth-order valence-electron chi connectivity index (χ4n) is 2.02. The zero-order valence-electron chi connectivity index (χ0n) is 12.0. The molecule has 0 amide bonds. The van der Waals surface area contributed by atoms with Gasteiger partial charge >= 0.3 is 0 Å². The van der Waals surface area contributed by atoms with Crippen LogP contribution in [0.4, 0.5) is 4.39 Å². The molecule has 1 unspecified atom stereocenters. The standard InChI is InChI=1S/C15H22Cl2FNS/c1-11(19-7-5-3-4-6-8-20-2)12-9-15(18)14(17)10-13(12)16/h9-11,19H,3-8H2,1-2H3. The first-order valence-corrected chi connectivity index (χ1v) is 9.08. The number of nitrogens with one attached hydrogen (secondary N) is 1. The van der Waals surface area contributed by atoms with E-state index in [9.17, 15) is 4.39 Å². The van der Waals surface area contributed by atoms with Gasteiger partial charge in [0.1, 0.15) is 5.82 Å². The Morgan fingerprint density at radius 1 is 1.15 bits per heavy atom. The van der Waals surface area contributed by atoms with E-state index in [0.717, 1.165) is 18.5 Å². The highest BCUT2D eigenvalue weighted by molar-refractivity contribution is 7.98. The van der Waals surface area contributed by atoms with Gasteiger partial charge < -0.3 is 5.32 Å². The third-order valence-corrected chi connectivity index (χ3v) is 4.55. The number of thioether (sulfide) groups is 1. The van der Waals surface area contributed by atoms with Gasteiger partial charge in [-0.15, -0.1) is 0 Å². The Bertz CT molecular complexity index is 415. The summed E-state index contributed by atoms with van der Waals surface area (Å²) in [5.41, 5.74) is 0.760. The molecule has 0 saturated carbocycles. The van der Waals surface area contributed by atoms with Crippen LogP contribution in [0.15, 0.2) is 12.1 Å². The van der Waals surface area contributed by atoms with E-state index in [1.54, 1.807) is 0 Å². The molecule has 0 aromatic heterocycles. The minimum absolute atomic E-state index is 0.0282. The molecule has 0 aliphatic heterocycles. The summed E-state index contributed by atoms with van der Waals surface area (Å²) in [7, 11) is 0. The van der Waals surface area contributed by atoms with E-state index >= 15 is 0 Å². The molecule has 0 spiro atoms. The van der Waals surface area contributed by atoms with Gasteiger partial charge in [0, 0.05) is 11.1 Å². The van der Waals surface area contributed by atoms with Crippen molar-refractivity contribution >= 4 is 35.0 Å². The summed E-state index contributed by atoms with van der Waals surface area (Å²) in [5.74, 6) is 0.820. The summed E-state index contributed by atoms with van der Waals surface area (Å²) in [6.45, 7) is 2.91. The summed E-state index contributed by atoms with van der Waals surface area (Å²) >= 11 is 13.7. The van der Waals surface area contributed by atoms with Crippen molar-refractivity contribution in [1.82, 2.24) is 5.32 Å². The SMILES string of the molecule is CSCCCCCCNC(C)c1cc(F)c(Cl)cc1Cl. The molecule has 1 atom stereocenters. The molecule has 114 valence electrons. The molecule has 5 heteroatoms. The zero-order valence-corrected chi connectivity index (χ0v) is 14.3. The highest BCUT2D eigenvalue weighted by Crippen LogP contribution is 2.28. The molecule has 1 nitrogen and oxygen atoms in total. The zero-order chi connectivity index (χ0) is 15.0. The van der Waals surface area contributed by atoms with E-state index in [2.05, 4.69) is 11.6 Å². The van der Waals surface area contributed by atoms with Crippen molar-refractivity contribution in [2.24, 2.45) is 0 Å². The average molecular weight is 338 g/mol. The highest BCUT2D eigenvalue weighted by atomic mass is 35.5. The topological polar surface area (TPSA) is 12.0 Å². The van der Waals surface area contributed by atoms with Crippen LogP contribution in [0.3, 0.4) is 0 Å². The van der Waals surface area contributed by atoms with Crippen LogP contribution in [0, 0.1) is 5.82 Å². The number of hydrogen-bond donors (Lipinski definition) is 1. The largest absolute Gasteiger partial charge is 0.310 e. The van der Waals surface area contributed by atoms with Gasteiger partial charge in [-0.25, -0.2) is 4.39 Å². The number of rotatable bonds is 9. The second-order valence-corrected chi connectivity index (χ2v) is 6.67. The lowest BCUT2D eigenvalue weighted by Gasteiger charge is -2.16. The minimum atomic E-state index is -0.420. The second kappa shape index (κ2) is 9.88. The summed E-state index contributed by atoms with van der Waals surface area (Å²) in [6.07, 6.45) is 7.05. The fourth-order valence-corrected chi connectivity index (χ4v) is 3.06. The first-order valence-electron chi connectivity index (χ1n) is 6.93. The third-order valence-electron chi connectivity index (χ3n) is 3.23. The Hall–Kier alpha value is 0.0400. The first kappa shape index (κ1) is 18.1. The van der Waals surface area contributed by atoms with E-state index in [-0.39, 0.29) is 11.1 Å². The molecule has 0 radical (unpaired) electrons. The van der Waals surface area contributed by atoms with Gasteiger partial charge in [0.05, 0.1) is 5.02 Å². The quantitative estimate of drug-likeness (QED) is 0.457. The first-order chi connectivity index (χ1) is 9.56. The monoisotopic (exact) mass is 337 g/mol. The molecule has 0 saturated heterocycles. The molecule has 20 heavy (non-hydrogen) atoms. The van der Waals surface area contributed by atoms with Crippen molar-refractivity contribution in [2.45, 2.75) is 38.6 Å². The van der Waals surface area contributed by atoms with E-state index in [1.807, 2.05) is 18.7 Å². The van der Waals surface area contributed by atoms with Crippen molar-refractivity contribution in [3.05, 3.63) is 33.6 Å². The predicted molar refractivity (Wildman–Crippen MR) is 89.7 cm³/mol. The number of halogens is 3. The van der Waals surface area contributed by atoms with Crippen LogP contribution >= 0.6 is 35.0 Å². The molecule has 0 aliphatic carbocycles.